The van der Waals surface area contributed by atoms with E-state index >= 15 is 0 Å². The summed E-state index contributed by atoms with van der Waals surface area (Å²) in [7, 11) is -3.83. The van der Waals surface area contributed by atoms with Crippen molar-refractivity contribution < 1.29 is 22.8 Å². The standard InChI is InChI=1S/C18H21N3O6S/c1-13-4-3-9-19(11-13)28(25,26)16-7-8-18(17(10-16)21(23)24)27-15-6-5-14(2)20(22)12-15/h5-8,10,12-13H,3-4,9,11H2,1-2H3/t13-/m0/s1. The third-order valence-corrected chi connectivity index (χ3v) is 6.55. The molecule has 3 rings (SSSR count). The molecule has 28 heavy (non-hydrogen) atoms. The molecule has 0 saturated carbocycles. The predicted octanol–water partition coefficient (Wildman–Crippen LogP) is 2.75. The number of aryl methyl sites for hydroxylation is 1. The largest absolute Gasteiger partial charge is 0.618 e. The maximum absolute atomic E-state index is 12.9. The second-order valence-corrected chi connectivity index (χ2v) is 8.87. The van der Waals surface area contributed by atoms with Gasteiger partial charge in [0.05, 0.1) is 9.82 Å². The van der Waals surface area contributed by atoms with Gasteiger partial charge in [0.25, 0.3) is 0 Å². The van der Waals surface area contributed by atoms with E-state index in [0.717, 1.165) is 25.1 Å². The van der Waals surface area contributed by atoms with Crippen LogP contribution in [0.1, 0.15) is 25.5 Å². The Hall–Kier alpha value is -2.72. The fourth-order valence-corrected chi connectivity index (χ4v) is 4.74. The summed E-state index contributed by atoms with van der Waals surface area (Å²) >= 11 is 0. The first kappa shape index (κ1) is 20.0. The number of piperidine rings is 1. The third-order valence-electron chi connectivity index (χ3n) is 4.69. The Morgan fingerprint density at radius 3 is 2.68 bits per heavy atom. The van der Waals surface area contributed by atoms with Gasteiger partial charge in [-0.15, -0.1) is 0 Å². The first-order valence-electron chi connectivity index (χ1n) is 8.85. The van der Waals surface area contributed by atoms with Crippen molar-refractivity contribution in [2.45, 2.75) is 31.6 Å². The van der Waals surface area contributed by atoms with E-state index in [0.29, 0.717) is 23.5 Å². The van der Waals surface area contributed by atoms with Crippen molar-refractivity contribution in [3.05, 3.63) is 57.5 Å². The topological polar surface area (TPSA) is 117 Å². The summed E-state index contributed by atoms with van der Waals surface area (Å²) in [6.07, 6.45) is 2.86. The zero-order valence-electron chi connectivity index (χ0n) is 15.6. The van der Waals surface area contributed by atoms with E-state index in [1.54, 1.807) is 6.92 Å². The van der Waals surface area contributed by atoms with Crippen LogP contribution >= 0.6 is 0 Å². The molecule has 0 spiro atoms. The molecule has 9 nitrogen and oxygen atoms in total. The van der Waals surface area contributed by atoms with Gasteiger partial charge in [0.15, 0.2) is 11.4 Å². The number of ether oxygens (including phenoxy) is 1. The molecule has 1 aliphatic heterocycles. The molecule has 1 aromatic heterocycles. The van der Waals surface area contributed by atoms with E-state index in [-0.39, 0.29) is 22.3 Å². The molecule has 10 heteroatoms. The quantitative estimate of drug-likeness (QED) is 0.326. The van der Waals surface area contributed by atoms with Crippen molar-refractivity contribution in [3.63, 3.8) is 0 Å². The van der Waals surface area contributed by atoms with Crippen molar-refractivity contribution in [2.24, 2.45) is 5.92 Å². The Kier molecular flexibility index (Phi) is 5.52. The fraction of sp³-hybridized carbons (Fsp3) is 0.389. The minimum Gasteiger partial charge on any atom is -0.618 e. The lowest BCUT2D eigenvalue weighted by molar-refractivity contribution is -0.612. The second kappa shape index (κ2) is 7.72. The number of nitro benzene ring substituents is 1. The fourth-order valence-electron chi connectivity index (χ4n) is 3.12. The minimum absolute atomic E-state index is 0.115. The number of nitrogens with zero attached hydrogens (tertiary/aromatic N) is 3. The van der Waals surface area contributed by atoms with Gasteiger partial charge in [0, 0.05) is 32.1 Å². The van der Waals surface area contributed by atoms with E-state index in [2.05, 4.69) is 0 Å². The van der Waals surface area contributed by atoms with Crippen LogP contribution in [0.4, 0.5) is 5.69 Å². The average molecular weight is 407 g/mol. The first-order valence-corrected chi connectivity index (χ1v) is 10.3. The maximum atomic E-state index is 12.9. The number of hydrogen-bond donors (Lipinski definition) is 0. The Balaban J connectivity index is 1.94. The molecule has 0 amide bonds. The summed E-state index contributed by atoms with van der Waals surface area (Å²) in [5.74, 6) is 0.213. The molecule has 1 atom stereocenters. The summed E-state index contributed by atoms with van der Waals surface area (Å²) in [5, 5.41) is 23.1. The number of pyridine rings is 1. The molecule has 1 aromatic carbocycles. The van der Waals surface area contributed by atoms with Gasteiger partial charge >= 0.3 is 5.69 Å². The van der Waals surface area contributed by atoms with Gasteiger partial charge in [0.1, 0.15) is 0 Å². The lowest BCUT2D eigenvalue weighted by atomic mass is 10.0. The third kappa shape index (κ3) is 4.07. The van der Waals surface area contributed by atoms with Crippen molar-refractivity contribution in [1.29, 1.82) is 0 Å². The highest BCUT2D eigenvalue weighted by molar-refractivity contribution is 7.89. The van der Waals surface area contributed by atoms with Crippen LogP contribution in [0.25, 0.3) is 0 Å². The summed E-state index contributed by atoms with van der Waals surface area (Å²) < 4.78 is 33.2. The number of aromatic nitrogens is 1. The Labute approximate surface area is 163 Å². The van der Waals surface area contributed by atoms with Gasteiger partial charge < -0.3 is 9.94 Å². The van der Waals surface area contributed by atoms with Crippen LogP contribution in [-0.2, 0) is 10.0 Å². The van der Waals surface area contributed by atoms with Gasteiger partial charge in [-0.1, -0.05) is 6.92 Å². The van der Waals surface area contributed by atoms with Crippen molar-refractivity contribution >= 4 is 15.7 Å². The average Bonchev–Trinajstić information content (AvgIpc) is 2.64. The minimum atomic E-state index is -3.83. The molecule has 2 heterocycles. The molecule has 0 unspecified atom stereocenters. The summed E-state index contributed by atoms with van der Waals surface area (Å²) in [6.45, 7) is 4.37. The van der Waals surface area contributed by atoms with Crippen LogP contribution in [0, 0.1) is 28.2 Å². The van der Waals surface area contributed by atoms with Gasteiger partial charge in [-0.25, -0.2) is 8.42 Å². The molecule has 1 aliphatic rings. The summed E-state index contributed by atoms with van der Waals surface area (Å²) in [6, 6.07) is 6.56. The van der Waals surface area contributed by atoms with Gasteiger partial charge in [-0.05, 0) is 37.0 Å². The molecule has 150 valence electrons. The lowest BCUT2D eigenvalue weighted by Crippen LogP contribution is -2.39. The van der Waals surface area contributed by atoms with E-state index < -0.39 is 20.6 Å². The monoisotopic (exact) mass is 407 g/mol. The predicted molar refractivity (Wildman–Crippen MR) is 100 cm³/mol. The molecule has 1 fully saturated rings. The van der Waals surface area contributed by atoms with E-state index in [1.165, 1.54) is 28.6 Å². The zero-order valence-corrected chi connectivity index (χ0v) is 16.4. The van der Waals surface area contributed by atoms with Crippen molar-refractivity contribution in [1.82, 2.24) is 4.31 Å². The maximum Gasteiger partial charge on any atom is 0.312 e. The summed E-state index contributed by atoms with van der Waals surface area (Å²) in [4.78, 5) is 10.6. The molecule has 0 N–H and O–H groups in total. The highest BCUT2D eigenvalue weighted by atomic mass is 32.2. The van der Waals surface area contributed by atoms with Gasteiger partial charge in [-0.3, -0.25) is 10.1 Å². The van der Waals surface area contributed by atoms with Crippen LogP contribution in [-0.4, -0.2) is 30.7 Å². The van der Waals surface area contributed by atoms with E-state index in [9.17, 15) is 23.7 Å². The Morgan fingerprint density at radius 1 is 1.29 bits per heavy atom. The van der Waals surface area contributed by atoms with Crippen LogP contribution in [0.3, 0.4) is 0 Å². The van der Waals surface area contributed by atoms with Crippen molar-refractivity contribution in [2.75, 3.05) is 13.1 Å². The van der Waals surface area contributed by atoms with Gasteiger partial charge in [-0.2, -0.15) is 9.04 Å². The number of hydrogen-bond acceptors (Lipinski definition) is 6. The van der Waals surface area contributed by atoms with Crippen molar-refractivity contribution in [3.8, 4) is 11.5 Å². The zero-order chi connectivity index (χ0) is 20.5. The highest BCUT2D eigenvalue weighted by Gasteiger charge is 2.31. The number of sulfonamides is 1. The Morgan fingerprint density at radius 2 is 2.04 bits per heavy atom. The molecule has 2 aromatic rings. The molecule has 1 saturated heterocycles. The van der Waals surface area contributed by atoms with Crippen LogP contribution in [0.15, 0.2) is 41.4 Å². The summed E-state index contributed by atoms with van der Waals surface area (Å²) in [5.41, 5.74) is -0.0387. The van der Waals surface area contributed by atoms with Crippen LogP contribution in [0.2, 0.25) is 0 Å². The molecule has 0 radical (unpaired) electrons. The van der Waals surface area contributed by atoms with Crippen LogP contribution in [0.5, 0.6) is 11.5 Å². The molecular weight excluding hydrogens is 386 g/mol. The van der Waals surface area contributed by atoms with E-state index in [4.69, 9.17) is 4.74 Å². The number of rotatable bonds is 5. The normalized spacial score (nSPS) is 18.0. The SMILES string of the molecule is Cc1ccc(Oc2ccc(S(=O)(=O)N3CCC[C@H](C)C3)cc2[N+](=O)[O-])c[n+]1[O-]. The van der Waals surface area contributed by atoms with E-state index in [1.807, 2.05) is 6.92 Å². The first-order chi connectivity index (χ1) is 13.2. The lowest BCUT2D eigenvalue weighted by Gasteiger charge is -2.30. The van der Waals surface area contributed by atoms with Crippen LogP contribution < -0.4 is 9.47 Å². The second-order valence-electron chi connectivity index (χ2n) is 6.93. The van der Waals surface area contributed by atoms with Gasteiger partial charge in [0.2, 0.25) is 22.0 Å². The molecular formula is C18H21N3O6S. The number of benzene rings is 1. The Bertz CT molecular complexity index is 1010. The highest BCUT2D eigenvalue weighted by Crippen LogP contribution is 2.34. The molecule has 0 bridgehead atoms. The molecule has 0 aliphatic carbocycles. The smallest absolute Gasteiger partial charge is 0.312 e. The number of nitro groups is 1.